The van der Waals surface area contributed by atoms with Gasteiger partial charge in [-0.15, -0.1) is 0 Å². The van der Waals surface area contributed by atoms with Crippen LogP contribution in [0, 0.1) is 17.6 Å². The number of hydrogen-bond donors (Lipinski definition) is 2. The molecule has 1 atom stereocenters. The van der Waals surface area contributed by atoms with Gasteiger partial charge in [0.05, 0.1) is 0 Å². The van der Waals surface area contributed by atoms with E-state index in [1.165, 1.54) is 0 Å². The SMILES string of the molecule is CCCC(C(=O)O)C(=O)NCc1cc(F)cc(F)c1. The first kappa shape index (κ1) is 15.1. The fraction of sp³-hybridized carbons (Fsp3) is 0.385. The van der Waals surface area contributed by atoms with Gasteiger partial charge in [-0.2, -0.15) is 0 Å². The van der Waals surface area contributed by atoms with Crippen LogP contribution in [0.1, 0.15) is 25.3 Å². The highest BCUT2D eigenvalue weighted by atomic mass is 19.1. The number of amides is 1. The van der Waals surface area contributed by atoms with Gasteiger partial charge in [-0.1, -0.05) is 13.3 Å². The minimum absolute atomic E-state index is 0.110. The summed E-state index contributed by atoms with van der Waals surface area (Å²) in [5.74, 6) is -4.48. The average molecular weight is 271 g/mol. The van der Waals surface area contributed by atoms with Gasteiger partial charge in [-0.3, -0.25) is 9.59 Å². The highest BCUT2D eigenvalue weighted by Crippen LogP contribution is 2.10. The van der Waals surface area contributed by atoms with Crippen LogP contribution in [0.25, 0.3) is 0 Å². The fourth-order valence-corrected chi connectivity index (χ4v) is 1.68. The molecule has 0 spiro atoms. The summed E-state index contributed by atoms with van der Waals surface area (Å²) < 4.78 is 25.8. The van der Waals surface area contributed by atoms with E-state index in [0.717, 1.165) is 18.2 Å². The van der Waals surface area contributed by atoms with Gasteiger partial charge in [0.25, 0.3) is 0 Å². The molecule has 1 unspecified atom stereocenters. The maximum atomic E-state index is 12.9. The van der Waals surface area contributed by atoms with Crippen LogP contribution in [0.3, 0.4) is 0 Å². The lowest BCUT2D eigenvalue weighted by Crippen LogP contribution is -2.34. The maximum absolute atomic E-state index is 12.9. The van der Waals surface area contributed by atoms with Crippen molar-refractivity contribution in [3.05, 3.63) is 35.4 Å². The van der Waals surface area contributed by atoms with E-state index in [1.807, 2.05) is 0 Å². The Balaban J connectivity index is 2.64. The molecule has 0 heterocycles. The van der Waals surface area contributed by atoms with Crippen LogP contribution in [0.2, 0.25) is 0 Å². The standard InChI is InChI=1S/C13H15F2NO3/c1-2-3-11(13(18)19)12(17)16-7-8-4-9(14)6-10(15)5-8/h4-6,11H,2-3,7H2,1H3,(H,16,17)(H,18,19). The van der Waals surface area contributed by atoms with Crippen LogP contribution in [0.4, 0.5) is 8.78 Å². The van der Waals surface area contributed by atoms with Crippen molar-refractivity contribution in [2.24, 2.45) is 5.92 Å². The summed E-state index contributed by atoms with van der Waals surface area (Å²) in [5, 5.41) is 11.2. The number of carboxylic acid groups (broad SMARTS) is 1. The Morgan fingerprint density at radius 2 is 1.84 bits per heavy atom. The second-order valence-corrected chi connectivity index (χ2v) is 4.17. The lowest BCUT2D eigenvalue weighted by molar-refractivity contribution is -0.147. The molecule has 0 fully saturated rings. The van der Waals surface area contributed by atoms with Crippen molar-refractivity contribution in [2.75, 3.05) is 0 Å². The van der Waals surface area contributed by atoms with E-state index in [0.29, 0.717) is 6.42 Å². The quantitative estimate of drug-likeness (QED) is 0.778. The van der Waals surface area contributed by atoms with Gasteiger partial charge in [-0.05, 0) is 24.1 Å². The number of aliphatic carboxylic acids is 1. The number of nitrogens with one attached hydrogen (secondary N) is 1. The predicted octanol–water partition coefficient (Wildman–Crippen LogP) is 2.08. The van der Waals surface area contributed by atoms with Crippen molar-refractivity contribution in [1.29, 1.82) is 0 Å². The van der Waals surface area contributed by atoms with Gasteiger partial charge in [0.2, 0.25) is 5.91 Å². The molecular weight excluding hydrogens is 256 g/mol. The third kappa shape index (κ3) is 4.65. The Bertz CT molecular complexity index is 457. The molecule has 104 valence electrons. The van der Waals surface area contributed by atoms with Crippen molar-refractivity contribution >= 4 is 11.9 Å². The second kappa shape index (κ2) is 6.82. The molecule has 0 bridgehead atoms. The van der Waals surface area contributed by atoms with Crippen LogP contribution >= 0.6 is 0 Å². The van der Waals surface area contributed by atoms with Crippen molar-refractivity contribution < 1.29 is 23.5 Å². The van der Waals surface area contributed by atoms with Crippen LogP contribution in [-0.2, 0) is 16.1 Å². The van der Waals surface area contributed by atoms with Crippen LogP contribution in [-0.4, -0.2) is 17.0 Å². The number of rotatable bonds is 6. The van der Waals surface area contributed by atoms with E-state index in [4.69, 9.17) is 5.11 Å². The highest BCUT2D eigenvalue weighted by Gasteiger charge is 2.24. The van der Waals surface area contributed by atoms with E-state index in [2.05, 4.69) is 5.32 Å². The highest BCUT2D eigenvalue weighted by molar-refractivity contribution is 5.96. The molecule has 0 aliphatic heterocycles. The summed E-state index contributed by atoms with van der Waals surface area (Å²) in [6.45, 7) is 1.66. The summed E-state index contributed by atoms with van der Waals surface area (Å²) in [6, 6.07) is 2.89. The molecule has 0 aliphatic carbocycles. The monoisotopic (exact) mass is 271 g/mol. The molecule has 19 heavy (non-hydrogen) atoms. The first-order chi connectivity index (χ1) is 8.93. The minimum atomic E-state index is -1.20. The molecule has 6 heteroatoms. The van der Waals surface area contributed by atoms with E-state index in [9.17, 15) is 18.4 Å². The zero-order valence-corrected chi connectivity index (χ0v) is 10.5. The Morgan fingerprint density at radius 3 is 2.32 bits per heavy atom. The minimum Gasteiger partial charge on any atom is -0.481 e. The van der Waals surface area contributed by atoms with Crippen LogP contribution < -0.4 is 5.32 Å². The first-order valence-electron chi connectivity index (χ1n) is 5.89. The van der Waals surface area contributed by atoms with Gasteiger partial charge in [0.15, 0.2) is 0 Å². The van der Waals surface area contributed by atoms with E-state index < -0.39 is 29.4 Å². The number of carbonyl (C=O) groups excluding carboxylic acids is 1. The van der Waals surface area contributed by atoms with E-state index in [1.54, 1.807) is 6.92 Å². The predicted molar refractivity (Wildman–Crippen MR) is 64.2 cm³/mol. The van der Waals surface area contributed by atoms with E-state index in [-0.39, 0.29) is 18.5 Å². The number of benzene rings is 1. The maximum Gasteiger partial charge on any atom is 0.316 e. The fourth-order valence-electron chi connectivity index (χ4n) is 1.68. The van der Waals surface area contributed by atoms with Gasteiger partial charge in [-0.25, -0.2) is 8.78 Å². The van der Waals surface area contributed by atoms with Gasteiger partial charge < -0.3 is 10.4 Å². The molecule has 1 amide bonds. The lowest BCUT2D eigenvalue weighted by Gasteiger charge is -2.12. The lowest BCUT2D eigenvalue weighted by atomic mass is 10.0. The molecule has 4 nitrogen and oxygen atoms in total. The Kier molecular flexibility index (Phi) is 5.41. The van der Waals surface area contributed by atoms with Crippen molar-refractivity contribution in [1.82, 2.24) is 5.32 Å². The van der Waals surface area contributed by atoms with Crippen LogP contribution in [0.5, 0.6) is 0 Å². The summed E-state index contributed by atoms with van der Waals surface area (Å²) in [4.78, 5) is 22.5. The van der Waals surface area contributed by atoms with Crippen molar-refractivity contribution in [3.63, 3.8) is 0 Å². The van der Waals surface area contributed by atoms with Crippen LogP contribution in [0.15, 0.2) is 18.2 Å². The molecule has 1 rings (SSSR count). The average Bonchev–Trinajstić information content (AvgIpc) is 2.31. The molecule has 0 aliphatic rings. The summed E-state index contributed by atoms with van der Waals surface area (Å²) >= 11 is 0. The smallest absolute Gasteiger partial charge is 0.316 e. The number of carbonyl (C=O) groups is 2. The zero-order valence-electron chi connectivity index (χ0n) is 10.5. The van der Waals surface area contributed by atoms with Gasteiger partial charge in [0, 0.05) is 12.6 Å². The van der Waals surface area contributed by atoms with E-state index >= 15 is 0 Å². The second-order valence-electron chi connectivity index (χ2n) is 4.17. The zero-order chi connectivity index (χ0) is 14.4. The Morgan fingerprint density at radius 1 is 1.26 bits per heavy atom. The molecule has 2 N–H and O–H groups in total. The Hall–Kier alpha value is -1.98. The van der Waals surface area contributed by atoms with Gasteiger partial charge in [0.1, 0.15) is 17.6 Å². The molecule has 0 saturated carbocycles. The van der Waals surface area contributed by atoms with Crippen molar-refractivity contribution in [3.8, 4) is 0 Å². The topological polar surface area (TPSA) is 66.4 Å². The molecular formula is C13H15F2NO3. The summed E-state index contributed by atoms with van der Waals surface area (Å²) in [7, 11) is 0. The third-order valence-corrected chi connectivity index (χ3v) is 2.58. The molecule has 1 aromatic rings. The number of carboxylic acids is 1. The third-order valence-electron chi connectivity index (χ3n) is 2.58. The Labute approximate surface area is 109 Å². The normalized spacial score (nSPS) is 11.9. The molecule has 0 radical (unpaired) electrons. The largest absolute Gasteiger partial charge is 0.481 e. The number of halogens is 2. The summed E-state index contributed by atoms with van der Waals surface area (Å²) in [5.41, 5.74) is 0.242. The molecule has 0 saturated heterocycles. The molecule has 1 aromatic carbocycles. The summed E-state index contributed by atoms with van der Waals surface area (Å²) in [6.07, 6.45) is 0.775. The number of hydrogen-bond acceptors (Lipinski definition) is 2. The molecule has 0 aromatic heterocycles. The van der Waals surface area contributed by atoms with Gasteiger partial charge >= 0.3 is 5.97 Å². The van der Waals surface area contributed by atoms with Crippen molar-refractivity contribution in [2.45, 2.75) is 26.3 Å². The first-order valence-corrected chi connectivity index (χ1v) is 5.89.